The second-order valence-electron chi connectivity index (χ2n) is 8.41. The quantitative estimate of drug-likeness (QED) is 0.256. The molecular formula is C28H24Br2N2O4. The maximum atomic E-state index is 13.3. The van der Waals surface area contributed by atoms with Crippen molar-refractivity contribution in [3.63, 3.8) is 0 Å². The third kappa shape index (κ3) is 5.29. The second kappa shape index (κ2) is 10.8. The summed E-state index contributed by atoms with van der Waals surface area (Å²) in [4.78, 5) is 39.5. The molecule has 1 fully saturated rings. The number of carbonyl (C=O) groups excluding carboxylic acids is 3. The minimum atomic E-state index is -0.773. The molecule has 3 aromatic carbocycles. The first kappa shape index (κ1) is 25.9. The van der Waals surface area contributed by atoms with Crippen LogP contribution in [0, 0.1) is 13.8 Å². The SMILES string of the molecule is CCOc1cc(/C=C2\C(=O)NC(=O)N(c3ccc(C)c(C)c3)C2=O)cc(Br)c1Cc1ccccc1Br. The molecule has 6 nitrogen and oxygen atoms in total. The van der Waals surface area contributed by atoms with Crippen molar-refractivity contribution >= 4 is 61.5 Å². The molecular weight excluding hydrogens is 588 g/mol. The fourth-order valence-corrected chi connectivity index (χ4v) is 4.95. The molecule has 0 aliphatic carbocycles. The van der Waals surface area contributed by atoms with Crippen LogP contribution in [0.2, 0.25) is 0 Å². The minimum absolute atomic E-state index is 0.138. The number of rotatable bonds is 6. The van der Waals surface area contributed by atoms with E-state index in [0.717, 1.165) is 36.1 Å². The summed E-state index contributed by atoms with van der Waals surface area (Å²) in [5.74, 6) is -0.782. The summed E-state index contributed by atoms with van der Waals surface area (Å²) >= 11 is 7.24. The first-order valence-corrected chi connectivity index (χ1v) is 13.0. The Morgan fingerprint density at radius 3 is 2.39 bits per heavy atom. The molecule has 0 radical (unpaired) electrons. The number of nitrogens with one attached hydrogen (secondary N) is 1. The van der Waals surface area contributed by atoms with Gasteiger partial charge in [0.1, 0.15) is 11.3 Å². The Balaban J connectivity index is 1.73. The lowest BCUT2D eigenvalue weighted by molar-refractivity contribution is -0.122. The van der Waals surface area contributed by atoms with Gasteiger partial charge in [-0.1, -0.05) is 56.1 Å². The Kier molecular flexibility index (Phi) is 7.76. The van der Waals surface area contributed by atoms with E-state index >= 15 is 0 Å². The van der Waals surface area contributed by atoms with Gasteiger partial charge in [0, 0.05) is 20.9 Å². The van der Waals surface area contributed by atoms with Crippen molar-refractivity contribution in [3.05, 3.63) is 96.9 Å². The van der Waals surface area contributed by atoms with E-state index in [1.54, 1.807) is 18.2 Å². The zero-order valence-corrected chi connectivity index (χ0v) is 23.2. The molecule has 0 spiro atoms. The molecule has 0 atom stereocenters. The number of nitrogens with zero attached hydrogens (tertiary/aromatic N) is 1. The number of benzene rings is 3. The standard InChI is InChI=1S/C28H24Br2N2O4/c1-4-36-25-14-18(13-24(30)21(25)15-19-7-5-6-8-23(19)29)12-22-26(33)31-28(35)32(27(22)34)20-10-9-16(2)17(3)11-20/h5-14H,4,15H2,1-3H3,(H,31,33,35)/b22-12+. The minimum Gasteiger partial charge on any atom is -0.494 e. The number of amides is 4. The van der Waals surface area contributed by atoms with Gasteiger partial charge >= 0.3 is 6.03 Å². The Morgan fingerprint density at radius 2 is 1.69 bits per heavy atom. The maximum Gasteiger partial charge on any atom is 0.335 e. The number of ether oxygens (including phenoxy) is 1. The molecule has 4 rings (SSSR count). The van der Waals surface area contributed by atoms with Gasteiger partial charge in [-0.05, 0) is 79.4 Å². The van der Waals surface area contributed by atoms with Crippen molar-refractivity contribution in [3.8, 4) is 5.75 Å². The number of carbonyl (C=O) groups is 3. The van der Waals surface area contributed by atoms with E-state index in [4.69, 9.17) is 4.74 Å². The lowest BCUT2D eigenvalue weighted by Gasteiger charge is -2.27. The number of halogens is 2. The molecule has 0 saturated carbocycles. The van der Waals surface area contributed by atoms with Crippen LogP contribution in [0.3, 0.4) is 0 Å². The monoisotopic (exact) mass is 610 g/mol. The molecule has 0 unspecified atom stereocenters. The molecule has 3 aromatic rings. The van der Waals surface area contributed by atoms with Gasteiger partial charge in [0.15, 0.2) is 0 Å². The Morgan fingerprint density at radius 1 is 0.944 bits per heavy atom. The summed E-state index contributed by atoms with van der Waals surface area (Å²) < 4.78 is 7.69. The first-order valence-electron chi connectivity index (χ1n) is 11.4. The van der Waals surface area contributed by atoms with E-state index in [1.165, 1.54) is 6.08 Å². The van der Waals surface area contributed by atoms with Gasteiger partial charge in [0.25, 0.3) is 11.8 Å². The van der Waals surface area contributed by atoms with E-state index in [-0.39, 0.29) is 5.57 Å². The van der Waals surface area contributed by atoms with E-state index in [2.05, 4.69) is 37.2 Å². The van der Waals surface area contributed by atoms with Crippen LogP contribution < -0.4 is 15.0 Å². The third-order valence-electron chi connectivity index (χ3n) is 5.96. The van der Waals surface area contributed by atoms with Gasteiger partial charge in [-0.25, -0.2) is 9.69 Å². The third-order valence-corrected chi connectivity index (χ3v) is 7.44. The molecule has 184 valence electrons. The molecule has 1 aliphatic heterocycles. The van der Waals surface area contributed by atoms with Crippen molar-refractivity contribution in [1.29, 1.82) is 0 Å². The molecule has 1 aliphatic rings. The molecule has 0 bridgehead atoms. The van der Waals surface area contributed by atoms with Crippen LogP contribution in [-0.2, 0) is 16.0 Å². The van der Waals surface area contributed by atoms with Gasteiger partial charge in [-0.2, -0.15) is 0 Å². The van der Waals surface area contributed by atoms with Crippen LogP contribution in [0.25, 0.3) is 6.08 Å². The summed E-state index contributed by atoms with van der Waals surface area (Å²) in [5, 5.41) is 2.28. The van der Waals surface area contributed by atoms with Crippen molar-refractivity contribution in [2.75, 3.05) is 11.5 Å². The number of hydrogen-bond donors (Lipinski definition) is 1. The molecule has 0 aromatic heterocycles. The summed E-state index contributed by atoms with van der Waals surface area (Å²) in [6, 6.07) is 16.1. The average Bonchev–Trinajstić information content (AvgIpc) is 2.82. The molecule has 36 heavy (non-hydrogen) atoms. The fourth-order valence-electron chi connectivity index (χ4n) is 3.93. The molecule has 4 amide bonds. The van der Waals surface area contributed by atoms with E-state index in [0.29, 0.717) is 30.0 Å². The van der Waals surface area contributed by atoms with Crippen LogP contribution in [-0.4, -0.2) is 24.5 Å². The normalized spacial score (nSPS) is 14.9. The highest BCUT2D eigenvalue weighted by atomic mass is 79.9. The zero-order valence-electron chi connectivity index (χ0n) is 20.0. The predicted octanol–water partition coefficient (Wildman–Crippen LogP) is 6.48. The molecule has 1 N–H and O–H groups in total. The van der Waals surface area contributed by atoms with Crippen LogP contribution in [0.15, 0.2) is 69.1 Å². The van der Waals surface area contributed by atoms with E-state index in [9.17, 15) is 14.4 Å². The van der Waals surface area contributed by atoms with Crippen LogP contribution >= 0.6 is 31.9 Å². The smallest absolute Gasteiger partial charge is 0.335 e. The van der Waals surface area contributed by atoms with Crippen molar-refractivity contribution in [1.82, 2.24) is 5.32 Å². The highest BCUT2D eigenvalue weighted by molar-refractivity contribution is 9.10. The topological polar surface area (TPSA) is 75.7 Å². The van der Waals surface area contributed by atoms with Crippen molar-refractivity contribution in [2.45, 2.75) is 27.2 Å². The fraction of sp³-hybridized carbons (Fsp3) is 0.179. The number of aryl methyl sites for hydroxylation is 2. The molecule has 8 heteroatoms. The van der Waals surface area contributed by atoms with Crippen LogP contribution in [0.4, 0.5) is 10.5 Å². The number of urea groups is 1. The summed E-state index contributed by atoms with van der Waals surface area (Å²) in [7, 11) is 0. The molecule has 1 heterocycles. The lowest BCUT2D eigenvalue weighted by atomic mass is 10.0. The van der Waals surface area contributed by atoms with E-state index in [1.807, 2.05) is 57.2 Å². The van der Waals surface area contributed by atoms with Gasteiger partial charge in [0.05, 0.1) is 12.3 Å². The van der Waals surface area contributed by atoms with Gasteiger partial charge in [-0.15, -0.1) is 0 Å². The average molecular weight is 612 g/mol. The Labute approximate surface area is 226 Å². The number of barbiturate groups is 1. The highest BCUT2D eigenvalue weighted by Gasteiger charge is 2.37. The lowest BCUT2D eigenvalue weighted by Crippen LogP contribution is -2.54. The highest BCUT2D eigenvalue weighted by Crippen LogP contribution is 2.34. The van der Waals surface area contributed by atoms with Crippen molar-refractivity contribution < 1.29 is 19.1 Å². The maximum absolute atomic E-state index is 13.3. The van der Waals surface area contributed by atoms with Crippen LogP contribution in [0.1, 0.15) is 34.7 Å². The largest absolute Gasteiger partial charge is 0.494 e. The number of imide groups is 2. The van der Waals surface area contributed by atoms with Gasteiger partial charge < -0.3 is 4.74 Å². The van der Waals surface area contributed by atoms with E-state index < -0.39 is 17.8 Å². The number of hydrogen-bond acceptors (Lipinski definition) is 4. The summed E-state index contributed by atoms with van der Waals surface area (Å²) in [6.07, 6.45) is 2.09. The molecule has 1 saturated heterocycles. The second-order valence-corrected chi connectivity index (χ2v) is 10.1. The Bertz CT molecular complexity index is 1410. The Hall–Kier alpha value is -3.23. The first-order chi connectivity index (χ1) is 17.2. The summed E-state index contributed by atoms with van der Waals surface area (Å²) in [6.45, 7) is 6.19. The predicted molar refractivity (Wildman–Crippen MR) is 147 cm³/mol. The van der Waals surface area contributed by atoms with Crippen LogP contribution in [0.5, 0.6) is 5.75 Å². The summed E-state index contributed by atoms with van der Waals surface area (Å²) in [5.41, 5.74) is 4.86. The van der Waals surface area contributed by atoms with Gasteiger partial charge in [0.2, 0.25) is 0 Å². The van der Waals surface area contributed by atoms with Gasteiger partial charge in [-0.3, -0.25) is 14.9 Å². The zero-order chi connectivity index (χ0) is 26.0. The number of anilines is 1. The van der Waals surface area contributed by atoms with Crippen molar-refractivity contribution in [2.24, 2.45) is 0 Å².